The summed E-state index contributed by atoms with van der Waals surface area (Å²) in [5.41, 5.74) is 0.146. The van der Waals surface area contributed by atoms with E-state index in [4.69, 9.17) is 9.47 Å². The summed E-state index contributed by atoms with van der Waals surface area (Å²) in [5.74, 6) is 0.801. The molecule has 1 fully saturated rings. The summed E-state index contributed by atoms with van der Waals surface area (Å²) in [6, 6.07) is 7.54. The SMILES string of the molecule is CCOC1(C(=O)Nc2ccc(O[C@@H](C)CC)cc2)CCCC1. The van der Waals surface area contributed by atoms with Gasteiger partial charge in [-0.2, -0.15) is 0 Å². The Bertz CT molecular complexity index is 478. The van der Waals surface area contributed by atoms with Crippen LogP contribution < -0.4 is 10.1 Å². The maximum absolute atomic E-state index is 12.6. The van der Waals surface area contributed by atoms with Gasteiger partial charge in [-0.25, -0.2) is 0 Å². The molecule has 1 aromatic carbocycles. The lowest BCUT2D eigenvalue weighted by Crippen LogP contribution is -2.43. The maximum atomic E-state index is 12.6. The highest BCUT2D eigenvalue weighted by Crippen LogP contribution is 2.34. The zero-order valence-electron chi connectivity index (χ0n) is 13.9. The molecule has 0 aliphatic heterocycles. The van der Waals surface area contributed by atoms with Crippen molar-refractivity contribution < 1.29 is 14.3 Å². The Balaban J connectivity index is 1.99. The molecule has 0 unspecified atom stereocenters. The summed E-state index contributed by atoms with van der Waals surface area (Å²) in [4.78, 5) is 12.6. The maximum Gasteiger partial charge on any atom is 0.256 e. The number of benzene rings is 1. The highest BCUT2D eigenvalue weighted by atomic mass is 16.5. The van der Waals surface area contributed by atoms with Gasteiger partial charge in [0.1, 0.15) is 11.4 Å². The second-order valence-corrected chi connectivity index (χ2v) is 5.95. The fourth-order valence-corrected chi connectivity index (χ4v) is 2.84. The van der Waals surface area contributed by atoms with Crippen molar-refractivity contribution in [3.8, 4) is 5.75 Å². The lowest BCUT2D eigenvalue weighted by atomic mass is 10.0. The summed E-state index contributed by atoms with van der Waals surface area (Å²) in [6.45, 7) is 6.64. The van der Waals surface area contributed by atoms with Gasteiger partial charge in [0.25, 0.3) is 5.91 Å². The third-order valence-electron chi connectivity index (χ3n) is 4.27. The second-order valence-electron chi connectivity index (χ2n) is 5.95. The van der Waals surface area contributed by atoms with Crippen LogP contribution in [0.5, 0.6) is 5.75 Å². The van der Waals surface area contributed by atoms with Gasteiger partial charge in [-0.15, -0.1) is 0 Å². The molecule has 0 aromatic heterocycles. The van der Waals surface area contributed by atoms with E-state index in [2.05, 4.69) is 12.2 Å². The predicted octanol–water partition coefficient (Wildman–Crippen LogP) is 4.15. The first-order chi connectivity index (χ1) is 10.6. The quantitative estimate of drug-likeness (QED) is 0.823. The third kappa shape index (κ3) is 4.01. The van der Waals surface area contributed by atoms with Crippen molar-refractivity contribution in [1.29, 1.82) is 0 Å². The number of hydrogen-bond donors (Lipinski definition) is 1. The van der Waals surface area contributed by atoms with Crippen molar-refractivity contribution in [2.24, 2.45) is 0 Å². The second kappa shape index (κ2) is 7.63. The Hall–Kier alpha value is -1.55. The molecule has 1 aromatic rings. The van der Waals surface area contributed by atoms with Crippen LogP contribution in [-0.2, 0) is 9.53 Å². The molecule has 1 amide bonds. The molecular formula is C18H27NO3. The van der Waals surface area contributed by atoms with Gasteiger partial charge in [0.2, 0.25) is 0 Å². The highest BCUT2D eigenvalue weighted by Gasteiger charge is 2.41. The smallest absolute Gasteiger partial charge is 0.256 e. The normalized spacial score (nSPS) is 18.0. The number of ether oxygens (including phenoxy) is 2. The fourth-order valence-electron chi connectivity index (χ4n) is 2.84. The number of anilines is 1. The molecule has 0 radical (unpaired) electrons. The lowest BCUT2D eigenvalue weighted by Gasteiger charge is -2.27. The van der Waals surface area contributed by atoms with E-state index in [-0.39, 0.29) is 12.0 Å². The van der Waals surface area contributed by atoms with E-state index in [1.54, 1.807) is 0 Å². The average molecular weight is 305 g/mol. The standard InChI is InChI=1S/C18H27NO3/c1-4-14(3)22-16-10-8-15(9-11-16)19-17(20)18(21-5-2)12-6-7-13-18/h8-11,14H,4-7,12-13H2,1-3H3,(H,19,20)/t14-/m0/s1. The van der Waals surface area contributed by atoms with Crippen LogP contribution in [0.4, 0.5) is 5.69 Å². The molecule has 2 rings (SSSR count). The topological polar surface area (TPSA) is 47.6 Å². The number of hydrogen-bond acceptors (Lipinski definition) is 3. The Labute approximate surface area is 133 Å². The number of carbonyl (C=O) groups excluding carboxylic acids is 1. The third-order valence-corrected chi connectivity index (χ3v) is 4.27. The molecule has 0 saturated heterocycles. The number of amides is 1. The first kappa shape index (κ1) is 16.8. The van der Waals surface area contributed by atoms with Gasteiger partial charge in [0.05, 0.1) is 6.10 Å². The number of nitrogens with one attached hydrogen (secondary N) is 1. The molecule has 1 aliphatic carbocycles. The van der Waals surface area contributed by atoms with Crippen LogP contribution in [0.1, 0.15) is 52.9 Å². The van der Waals surface area contributed by atoms with Gasteiger partial charge < -0.3 is 14.8 Å². The average Bonchev–Trinajstić information content (AvgIpc) is 2.99. The van der Waals surface area contributed by atoms with E-state index in [9.17, 15) is 4.79 Å². The van der Waals surface area contributed by atoms with Crippen molar-refractivity contribution >= 4 is 11.6 Å². The summed E-state index contributed by atoms with van der Waals surface area (Å²) in [6.07, 6.45) is 4.88. The first-order valence-electron chi connectivity index (χ1n) is 8.32. The van der Waals surface area contributed by atoms with Crippen molar-refractivity contribution in [2.45, 2.75) is 64.6 Å². The van der Waals surface area contributed by atoms with Gasteiger partial charge in [-0.05, 0) is 70.2 Å². The zero-order valence-corrected chi connectivity index (χ0v) is 13.9. The van der Waals surface area contributed by atoms with Gasteiger partial charge >= 0.3 is 0 Å². The van der Waals surface area contributed by atoms with E-state index in [1.807, 2.05) is 38.1 Å². The van der Waals surface area contributed by atoms with Gasteiger partial charge in [-0.1, -0.05) is 6.92 Å². The predicted molar refractivity (Wildman–Crippen MR) is 88.3 cm³/mol. The van der Waals surface area contributed by atoms with Gasteiger partial charge in [0.15, 0.2) is 0 Å². The highest BCUT2D eigenvalue weighted by molar-refractivity contribution is 5.97. The minimum absolute atomic E-state index is 0.0255. The van der Waals surface area contributed by atoms with E-state index >= 15 is 0 Å². The molecule has 1 saturated carbocycles. The summed E-state index contributed by atoms with van der Waals surface area (Å²) < 4.78 is 11.5. The summed E-state index contributed by atoms with van der Waals surface area (Å²) in [5, 5.41) is 2.98. The van der Waals surface area contributed by atoms with E-state index < -0.39 is 5.60 Å². The minimum atomic E-state index is -0.638. The molecule has 1 aliphatic rings. The zero-order chi connectivity index (χ0) is 16.0. The largest absolute Gasteiger partial charge is 0.491 e. The monoisotopic (exact) mass is 305 g/mol. The summed E-state index contributed by atoms with van der Waals surface area (Å²) in [7, 11) is 0. The van der Waals surface area contributed by atoms with E-state index in [1.165, 1.54) is 0 Å². The minimum Gasteiger partial charge on any atom is -0.491 e. The Morgan fingerprint density at radius 1 is 1.23 bits per heavy atom. The van der Waals surface area contributed by atoms with Crippen LogP contribution in [0.2, 0.25) is 0 Å². The Morgan fingerprint density at radius 3 is 2.41 bits per heavy atom. The molecule has 0 heterocycles. The molecular weight excluding hydrogens is 278 g/mol. The van der Waals surface area contributed by atoms with Crippen molar-refractivity contribution in [3.05, 3.63) is 24.3 Å². The van der Waals surface area contributed by atoms with Crippen molar-refractivity contribution in [3.63, 3.8) is 0 Å². The lowest BCUT2D eigenvalue weighted by molar-refractivity contribution is -0.140. The van der Waals surface area contributed by atoms with Crippen LogP contribution >= 0.6 is 0 Å². The number of carbonyl (C=O) groups is 1. The Kier molecular flexibility index (Phi) is 5.83. The molecule has 1 N–H and O–H groups in total. The van der Waals surface area contributed by atoms with Gasteiger partial charge in [0, 0.05) is 12.3 Å². The van der Waals surface area contributed by atoms with Gasteiger partial charge in [-0.3, -0.25) is 4.79 Å². The van der Waals surface area contributed by atoms with Crippen LogP contribution in [-0.4, -0.2) is 24.2 Å². The van der Waals surface area contributed by atoms with Crippen molar-refractivity contribution in [1.82, 2.24) is 0 Å². The molecule has 4 nitrogen and oxygen atoms in total. The molecule has 4 heteroatoms. The van der Waals surface area contributed by atoms with Crippen LogP contribution in [0.15, 0.2) is 24.3 Å². The molecule has 1 atom stereocenters. The fraction of sp³-hybridized carbons (Fsp3) is 0.611. The molecule has 0 spiro atoms. The van der Waals surface area contributed by atoms with E-state index in [0.29, 0.717) is 6.61 Å². The van der Waals surface area contributed by atoms with Crippen LogP contribution in [0.3, 0.4) is 0 Å². The first-order valence-corrected chi connectivity index (χ1v) is 8.32. The van der Waals surface area contributed by atoms with Crippen LogP contribution in [0.25, 0.3) is 0 Å². The molecule has 22 heavy (non-hydrogen) atoms. The molecule has 0 bridgehead atoms. The molecule has 122 valence electrons. The van der Waals surface area contributed by atoms with Crippen molar-refractivity contribution in [2.75, 3.05) is 11.9 Å². The van der Waals surface area contributed by atoms with Crippen LogP contribution in [0, 0.1) is 0 Å². The van der Waals surface area contributed by atoms with E-state index in [0.717, 1.165) is 43.5 Å². The Morgan fingerprint density at radius 2 is 1.86 bits per heavy atom. The number of rotatable bonds is 7. The summed E-state index contributed by atoms with van der Waals surface area (Å²) >= 11 is 0.